The van der Waals surface area contributed by atoms with E-state index >= 15 is 0 Å². The summed E-state index contributed by atoms with van der Waals surface area (Å²) in [5.41, 5.74) is 5.14. The average Bonchev–Trinajstić information content (AvgIpc) is 3.30. The van der Waals surface area contributed by atoms with E-state index in [1.807, 2.05) is 39.0 Å². The summed E-state index contributed by atoms with van der Waals surface area (Å²) < 4.78 is 2.30. The highest BCUT2D eigenvalue weighted by molar-refractivity contribution is 7.99. The molecule has 0 spiro atoms. The molecule has 156 valence electrons. The zero-order chi connectivity index (χ0) is 21.0. The number of aromatic nitrogens is 2. The molecule has 1 aliphatic rings. The molecule has 1 saturated carbocycles. The molecule has 0 atom stereocenters. The maximum absolute atomic E-state index is 12.3. The van der Waals surface area contributed by atoms with E-state index in [1.54, 1.807) is 0 Å². The van der Waals surface area contributed by atoms with Crippen molar-refractivity contribution in [1.82, 2.24) is 14.9 Å². The fraction of sp³-hybridized carbons (Fsp3) is 0.500. The SMILES string of the molecule is Cc1cccc(NC(=O)CNC(=O)CSc2nc(C)c(C)n2C2CCCC2)c1C. The van der Waals surface area contributed by atoms with Crippen LogP contribution in [0.15, 0.2) is 23.4 Å². The lowest BCUT2D eigenvalue weighted by Crippen LogP contribution is -2.34. The standard InChI is InChI=1S/C22H30N4O2S/c1-14-8-7-11-19(15(14)2)25-20(27)12-23-21(28)13-29-22-24-16(3)17(4)26(22)18-9-5-6-10-18/h7-8,11,18H,5-6,9-10,12-13H2,1-4H3,(H,23,28)(H,25,27). The van der Waals surface area contributed by atoms with Crippen LogP contribution in [0, 0.1) is 27.7 Å². The molecule has 0 aliphatic heterocycles. The predicted octanol–water partition coefficient (Wildman–Crippen LogP) is 4.08. The van der Waals surface area contributed by atoms with Crippen molar-refractivity contribution in [1.29, 1.82) is 0 Å². The third-order valence-electron chi connectivity index (χ3n) is 5.70. The first kappa shape index (κ1) is 21.4. The van der Waals surface area contributed by atoms with E-state index in [-0.39, 0.29) is 24.1 Å². The molecule has 2 amide bonds. The van der Waals surface area contributed by atoms with Gasteiger partial charge in [-0.25, -0.2) is 4.98 Å². The summed E-state index contributed by atoms with van der Waals surface area (Å²) in [6.07, 6.45) is 4.85. The third kappa shape index (κ3) is 5.21. The minimum Gasteiger partial charge on any atom is -0.346 e. The van der Waals surface area contributed by atoms with Crippen LogP contribution in [0.1, 0.15) is 54.2 Å². The number of hydrogen-bond donors (Lipinski definition) is 2. The lowest BCUT2D eigenvalue weighted by Gasteiger charge is -2.17. The van der Waals surface area contributed by atoms with Crippen molar-refractivity contribution in [2.24, 2.45) is 0 Å². The largest absolute Gasteiger partial charge is 0.346 e. The monoisotopic (exact) mass is 414 g/mol. The summed E-state index contributed by atoms with van der Waals surface area (Å²) in [5.74, 6) is -0.141. The van der Waals surface area contributed by atoms with Crippen molar-refractivity contribution < 1.29 is 9.59 Å². The van der Waals surface area contributed by atoms with Gasteiger partial charge in [0.25, 0.3) is 0 Å². The molecular weight excluding hydrogens is 384 g/mol. The van der Waals surface area contributed by atoms with E-state index < -0.39 is 0 Å². The summed E-state index contributed by atoms with van der Waals surface area (Å²) in [7, 11) is 0. The van der Waals surface area contributed by atoms with Crippen LogP contribution in [-0.2, 0) is 9.59 Å². The smallest absolute Gasteiger partial charge is 0.243 e. The lowest BCUT2D eigenvalue weighted by molar-refractivity contribution is -0.122. The Morgan fingerprint density at radius 3 is 2.59 bits per heavy atom. The van der Waals surface area contributed by atoms with Gasteiger partial charge in [-0.15, -0.1) is 0 Å². The number of rotatable bonds is 7. The zero-order valence-electron chi connectivity index (χ0n) is 17.7. The maximum Gasteiger partial charge on any atom is 0.243 e. The highest BCUT2D eigenvalue weighted by Gasteiger charge is 2.23. The first-order chi connectivity index (χ1) is 13.9. The molecule has 6 nitrogen and oxygen atoms in total. The molecule has 1 fully saturated rings. The van der Waals surface area contributed by atoms with Crippen LogP contribution in [0.3, 0.4) is 0 Å². The number of nitrogens with zero attached hydrogens (tertiary/aromatic N) is 2. The Kier molecular flexibility index (Phi) is 7.00. The number of imidazole rings is 1. The molecular formula is C22H30N4O2S. The summed E-state index contributed by atoms with van der Waals surface area (Å²) in [5, 5.41) is 6.47. The first-order valence-corrected chi connectivity index (χ1v) is 11.2. The van der Waals surface area contributed by atoms with Gasteiger partial charge in [0.1, 0.15) is 0 Å². The number of nitrogens with one attached hydrogen (secondary N) is 2. The van der Waals surface area contributed by atoms with Gasteiger partial charge in [0.05, 0.1) is 18.0 Å². The van der Waals surface area contributed by atoms with Gasteiger partial charge in [0.2, 0.25) is 11.8 Å². The Morgan fingerprint density at radius 2 is 1.86 bits per heavy atom. The van der Waals surface area contributed by atoms with Crippen molar-refractivity contribution in [3.63, 3.8) is 0 Å². The second-order valence-corrected chi connectivity index (χ2v) is 8.68. The number of thioether (sulfide) groups is 1. The average molecular weight is 415 g/mol. The van der Waals surface area contributed by atoms with Crippen molar-refractivity contribution in [3.8, 4) is 0 Å². The minimum absolute atomic E-state index is 0.0398. The van der Waals surface area contributed by atoms with Crippen LogP contribution in [0.5, 0.6) is 0 Å². The van der Waals surface area contributed by atoms with Gasteiger partial charge >= 0.3 is 0 Å². The van der Waals surface area contributed by atoms with Crippen LogP contribution < -0.4 is 10.6 Å². The predicted molar refractivity (Wildman–Crippen MR) is 117 cm³/mol. The van der Waals surface area contributed by atoms with Gasteiger partial charge in [0, 0.05) is 17.4 Å². The molecule has 1 aromatic carbocycles. The number of anilines is 1. The molecule has 7 heteroatoms. The third-order valence-corrected chi connectivity index (χ3v) is 6.65. The van der Waals surface area contributed by atoms with Crippen LogP contribution in [0.25, 0.3) is 0 Å². The molecule has 0 unspecified atom stereocenters. The van der Waals surface area contributed by atoms with Crippen molar-refractivity contribution in [2.75, 3.05) is 17.6 Å². The Balaban J connectivity index is 1.51. The van der Waals surface area contributed by atoms with E-state index in [0.717, 1.165) is 27.7 Å². The minimum atomic E-state index is -0.226. The molecule has 29 heavy (non-hydrogen) atoms. The molecule has 2 N–H and O–H groups in total. The van der Waals surface area contributed by atoms with Crippen LogP contribution in [-0.4, -0.2) is 33.7 Å². The molecule has 2 aromatic rings. The van der Waals surface area contributed by atoms with Gasteiger partial charge < -0.3 is 15.2 Å². The Labute approximate surface area is 176 Å². The molecule has 1 aromatic heterocycles. The van der Waals surface area contributed by atoms with Crippen LogP contribution >= 0.6 is 11.8 Å². The van der Waals surface area contributed by atoms with E-state index in [2.05, 4.69) is 27.1 Å². The van der Waals surface area contributed by atoms with E-state index in [4.69, 9.17) is 0 Å². The van der Waals surface area contributed by atoms with Crippen molar-refractivity contribution in [3.05, 3.63) is 40.7 Å². The van der Waals surface area contributed by atoms with Gasteiger partial charge in [-0.05, 0) is 57.7 Å². The topological polar surface area (TPSA) is 76.0 Å². The lowest BCUT2D eigenvalue weighted by atomic mass is 10.1. The van der Waals surface area contributed by atoms with Crippen molar-refractivity contribution >= 4 is 29.3 Å². The Bertz CT molecular complexity index is 900. The normalized spacial score (nSPS) is 14.2. The van der Waals surface area contributed by atoms with Gasteiger partial charge in [-0.1, -0.05) is 36.7 Å². The zero-order valence-corrected chi connectivity index (χ0v) is 18.5. The second-order valence-electron chi connectivity index (χ2n) is 7.73. The number of carbonyl (C=O) groups excluding carboxylic acids is 2. The first-order valence-electron chi connectivity index (χ1n) is 10.2. The fourth-order valence-corrected chi connectivity index (χ4v) is 4.72. The van der Waals surface area contributed by atoms with Gasteiger partial charge in [-0.3, -0.25) is 9.59 Å². The number of aryl methyl sites for hydroxylation is 2. The van der Waals surface area contributed by atoms with Gasteiger partial charge in [0.15, 0.2) is 5.16 Å². The molecule has 1 aliphatic carbocycles. The fourth-order valence-electron chi connectivity index (χ4n) is 3.73. The quantitative estimate of drug-likeness (QED) is 0.670. The number of hydrogen-bond acceptors (Lipinski definition) is 4. The summed E-state index contributed by atoms with van der Waals surface area (Å²) >= 11 is 1.45. The van der Waals surface area contributed by atoms with Crippen molar-refractivity contribution in [2.45, 2.75) is 64.6 Å². The van der Waals surface area contributed by atoms with Crippen LogP contribution in [0.4, 0.5) is 5.69 Å². The highest BCUT2D eigenvalue weighted by Crippen LogP contribution is 2.35. The molecule has 0 bridgehead atoms. The summed E-state index contributed by atoms with van der Waals surface area (Å²) in [6, 6.07) is 6.27. The maximum atomic E-state index is 12.3. The Hall–Kier alpha value is -2.28. The molecule has 0 saturated heterocycles. The van der Waals surface area contributed by atoms with Crippen LogP contribution in [0.2, 0.25) is 0 Å². The summed E-state index contributed by atoms with van der Waals surface area (Å²) in [6.45, 7) is 8.05. The highest BCUT2D eigenvalue weighted by atomic mass is 32.2. The van der Waals surface area contributed by atoms with E-state index in [9.17, 15) is 9.59 Å². The van der Waals surface area contributed by atoms with Gasteiger partial charge in [-0.2, -0.15) is 0 Å². The van der Waals surface area contributed by atoms with E-state index in [1.165, 1.54) is 43.1 Å². The van der Waals surface area contributed by atoms with E-state index in [0.29, 0.717) is 6.04 Å². The summed E-state index contributed by atoms with van der Waals surface area (Å²) in [4.78, 5) is 29.1. The molecule has 0 radical (unpaired) electrons. The number of carbonyl (C=O) groups is 2. The molecule has 3 rings (SSSR count). The number of benzene rings is 1. The Morgan fingerprint density at radius 1 is 1.14 bits per heavy atom. The number of amides is 2. The molecule has 1 heterocycles. The second kappa shape index (κ2) is 9.48.